The molecule has 80 valence electrons. The molecular weight excluding hydrogens is 214 g/mol. The van der Waals surface area contributed by atoms with E-state index >= 15 is 0 Å². The first kappa shape index (κ1) is 13.2. The van der Waals surface area contributed by atoms with Crippen molar-refractivity contribution in [1.29, 1.82) is 0 Å². The van der Waals surface area contributed by atoms with Crippen LogP contribution in [0.25, 0.3) is 0 Å². The highest BCUT2D eigenvalue weighted by Crippen LogP contribution is 2.02. The summed E-state index contributed by atoms with van der Waals surface area (Å²) in [5.41, 5.74) is 0. The summed E-state index contributed by atoms with van der Waals surface area (Å²) in [6.07, 6.45) is 0. The average Bonchev–Trinajstić information content (AvgIpc) is 1.99. The lowest BCUT2D eigenvalue weighted by molar-refractivity contribution is 0.228. The van der Waals surface area contributed by atoms with Crippen LogP contribution in [0.15, 0.2) is 0 Å². The van der Waals surface area contributed by atoms with Crippen molar-refractivity contribution in [3.05, 3.63) is 0 Å². The first-order chi connectivity index (χ1) is 5.93. The van der Waals surface area contributed by atoms with Crippen LogP contribution in [0.4, 0.5) is 0 Å². The van der Waals surface area contributed by atoms with Gasteiger partial charge in [-0.1, -0.05) is 13.8 Å². The van der Waals surface area contributed by atoms with Gasteiger partial charge in [0.2, 0.25) is 10.0 Å². The van der Waals surface area contributed by atoms with Crippen LogP contribution in [0.2, 0.25) is 0 Å². The van der Waals surface area contributed by atoms with Gasteiger partial charge in [0.25, 0.3) is 0 Å². The maximum Gasteiger partial charge on any atom is 0.213 e. The number of nitrogens with one attached hydrogen (secondary N) is 1. The second-order valence-corrected chi connectivity index (χ2v) is 5.41. The number of hydrogen-bond donors (Lipinski definition) is 2. The third kappa shape index (κ3) is 5.46. The Labute approximate surface area is 84.3 Å². The van der Waals surface area contributed by atoms with E-state index in [-0.39, 0.29) is 24.2 Å². The van der Waals surface area contributed by atoms with Crippen molar-refractivity contribution in [3.63, 3.8) is 0 Å². The van der Waals surface area contributed by atoms with Crippen molar-refractivity contribution in [2.24, 2.45) is 5.92 Å². The van der Waals surface area contributed by atoms with Crippen molar-refractivity contribution < 1.29 is 13.5 Å². The van der Waals surface area contributed by atoms with Gasteiger partial charge >= 0.3 is 0 Å². The standard InChI is InChI=1S/C7H16ClNO3S/c1-6(2)7(5-10)9-13(11,12)4-3-8/h6-7,9-10H,3-5H2,1-2H3. The quantitative estimate of drug-likeness (QED) is 0.638. The summed E-state index contributed by atoms with van der Waals surface area (Å²) in [4.78, 5) is 0. The first-order valence-corrected chi connectivity index (χ1v) is 6.28. The van der Waals surface area contributed by atoms with Crippen molar-refractivity contribution in [1.82, 2.24) is 4.72 Å². The van der Waals surface area contributed by atoms with E-state index in [1.165, 1.54) is 0 Å². The second kappa shape index (κ2) is 5.80. The van der Waals surface area contributed by atoms with Gasteiger partial charge in [-0.2, -0.15) is 0 Å². The molecule has 6 heteroatoms. The first-order valence-electron chi connectivity index (χ1n) is 4.09. The lowest BCUT2D eigenvalue weighted by atomic mass is 10.1. The molecule has 0 spiro atoms. The Morgan fingerprint density at radius 2 is 2.00 bits per heavy atom. The normalized spacial score (nSPS) is 14.8. The zero-order chi connectivity index (χ0) is 10.5. The number of aliphatic hydroxyl groups is 1. The van der Waals surface area contributed by atoms with Crippen LogP contribution in [0.5, 0.6) is 0 Å². The Morgan fingerprint density at radius 3 is 2.31 bits per heavy atom. The molecule has 0 aromatic rings. The molecule has 0 saturated heterocycles. The van der Waals surface area contributed by atoms with E-state index in [1.807, 2.05) is 13.8 Å². The second-order valence-electron chi connectivity index (χ2n) is 3.16. The number of halogens is 1. The third-order valence-corrected chi connectivity index (χ3v) is 3.49. The van der Waals surface area contributed by atoms with E-state index in [4.69, 9.17) is 16.7 Å². The Morgan fingerprint density at radius 1 is 1.46 bits per heavy atom. The Balaban J connectivity index is 4.23. The molecule has 0 rings (SSSR count). The van der Waals surface area contributed by atoms with E-state index in [9.17, 15) is 8.42 Å². The van der Waals surface area contributed by atoms with Gasteiger partial charge in [0.15, 0.2) is 0 Å². The highest BCUT2D eigenvalue weighted by Gasteiger charge is 2.19. The van der Waals surface area contributed by atoms with Crippen LogP contribution in [0.3, 0.4) is 0 Å². The van der Waals surface area contributed by atoms with Crippen LogP contribution >= 0.6 is 11.6 Å². The Kier molecular flexibility index (Phi) is 5.87. The molecule has 0 aromatic carbocycles. The van der Waals surface area contributed by atoms with Gasteiger partial charge in [0.05, 0.1) is 12.4 Å². The summed E-state index contributed by atoms with van der Waals surface area (Å²) < 4.78 is 24.8. The molecular formula is C7H16ClNO3S. The molecule has 0 saturated carbocycles. The molecule has 4 nitrogen and oxygen atoms in total. The van der Waals surface area contributed by atoms with E-state index in [0.717, 1.165) is 0 Å². The molecule has 0 bridgehead atoms. The molecule has 13 heavy (non-hydrogen) atoms. The van der Waals surface area contributed by atoms with E-state index in [1.54, 1.807) is 0 Å². The molecule has 1 unspecified atom stereocenters. The number of rotatable bonds is 6. The van der Waals surface area contributed by atoms with E-state index < -0.39 is 16.1 Å². The molecule has 2 N–H and O–H groups in total. The highest BCUT2D eigenvalue weighted by atomic mass is 35.5. The third-order valence-electron chi connectivity index (χ3n) is 1.68. The Bertz CT molecular complexity index is 228. The van der Waals surface area contributed by atoms with E-state index in [0.29, 0.717) is 0 Å². The predicted octanol–water partition coefficient (Wildman–Crippen LogP) is 0.162. The molecule has 0 aromatic heterocycles. The molecule has 0 amide bonds. The summed E-state index contributed by atoms with van der Waals surface area (Å²) in [6, 6.07) is -0.423. The zero-order valence-corrected chi connectivity index (χ0v) is 9.40. The largest absolute Gasteiger partial charge is 0.395 e. The monoisotopic (exact) mass is 229 g/mol. The van der Waals surface area contributed by atoms with Crippen molar-refractivity contribution in [3.8, 4) is 0 Å². The topological polar surface area (TPSA) is 66.4 Å². The maximum atomic E-state index is 11.2. The van der Waals surface area contributed by atoms with Crippen LogP contribution < -0.4 is 4.72 Å². The fourth-order valence-electron chi connectivity index (χ4n) is 0.775. The smallest absolute Gasteiger partial charge is 0.213 e. The number of aliphatic hydroxyl groups excluding tert-OH is 1. The molecule has 0 fully saturated rings. The SMILES string of the molecule is CC(C)C(CO)NS(=O)(=O)CCCl. The van der Waals surface area contributed by atoms with Gasteiger partial charge in [-0.05, 0) is 5.92 Å². The predicted molar refractivity (Wildman–Crippen MR) is 53.4 cm³/mol. The summed E-state index contributed by atoms with van der Waals surface area (Å²) in [6.45, 7) is 3.48. The molecule has 1 atom stereocenters. The van der Waals surface area contributed by atoms with E-state index in [2.05, 4.69) is 4.72 Å². The summed E-state index contributed by atoms with van der Waals surface area (Å²) in [7, 11) is -3.33. The fourth-order valence-corrected chi connectivity index (χ4v) is 2.51. The van der Waals surface area contributed by atoms with Gasteiger partial charge in [0, 0.05) is 11.9 Å². The summed E-state index contributed by atoms with van der Waals surface area (Å²) in [5.74, 6) is 0.0127. The summed E-state index contributed by atoms with van der Waals surface area (Å²) >= 11 is 5.31. The fraction of sp³-hybridized carbons (Fsp3) is 1.00. The number of alkyl halides is 1. The average molecular weight is 230 g/mol. The zero-order valence-electron chi connectivity index (χ0n) is 7.83. The van der Waals surface area contributed by atoms with Crippen LogP contribution in [0, 0.1) is 5.92 Å². The van der Waals surface area contributed by atoms with Gasteiger partial charge in [-0.15, -0.1) is 11.6 Å². The number of sulfonamides is 1. The molecule has 0 radical (unpaired) electrons. The molecule has 0 heterocycles. The molecule has 0 aliphatic carbocycles. The Hall–Kier alpha value is 0.160. The maximum absolute atomic E-state index is 11.2. The minimum absolute atomic E-state index is 0.0611. The minimum Gasteiger partial charge on any atom is -0.395 e. The number of hydrogen-bond acceptors (Lipinski definition) is 3. The van der Waals surface area contributed by atoms with Crippen molar-refractivity contribution in [2.45, 2.75) is 19.9 Å². The molecule has 0 aliphatic heterocycles. The lowest BCUT2D eigenvalue weighted by Gasteiger charge is -2.19. The summed E-state index contributed by atoms with van der Waals surface area (Å²) in [5, 5.41) is 8.87. The van der Waals surface area contributed by atoms with Crippen LogP contribution in [0.1, 0.15) is 13.8 Å². The van der Waals surface area contributed by atoms with Crippen LogP contribution in [-0.2, 0) is 10.0 Å². The molecule has 0 aliphatic rings. The van der Waals surface area contributed by atoms with Gasteiger partial charge in [-0.3, -0.25) is 0 Å². The van der Waals surface area contributed by atoms with Crippen molar-refractivity contribution >= 4 is 21.6 Å². The van der Waals surface area contributed by atoms with Crippen molar-refractivity contribution in [2.75, 3.05) is 18.2 Å². The van der Waals surface area contributed by atoms with Gasteiger partial charge < -0.3 is 5.11 Å². The van der Waals surface area contributed by atoms with Gasteiger partial charge in [0.1, 0.15) is 0 Å². The van der Waals surface area contributed by atoms with Gasteiger partial charge in [-0.25, -0.2) is 13.1 Å². The van der Waals surface area contributed by atoms with Crippen LogP contribution in [-0.4, -0.2) is 37.8 Å². The lowest BCUT2D eigenvalue weighted by Crippen LogP contribution is -2.42. The highest BCUT2D eigenvalue weighted by molar-refractivity contribution is 7.89. The minimum atomic E-state index is -3.33.